The normalized spacial score (nSPS) is 21.7. The van der Waals surface area contributed by atoms with Crippen molar-refractivity contribution in [3.8, 4) is 0 Å². The van der Waals surface area contributed by atoms with Gasteiger partial charge in [-0.25, -0.2) is 0 Å². The molecule has 0 spiro atoms. The van der Waals surface area contributed by atoms with Crippen LogP contribution in [0.3, 0.4) is 0 Å². The summed E-state index contributed by atoms with van der Waals surface area (Å²) in [6.07, 6.45) is 6.71. The number of nitrogens with zero attached hydrogens (tertiary/aromatic N) is 2. The Hall–Kier alpha value is -0.930. The highest BCUT2D eigenvalue weighted by Gasteiger charge is 2.26. The van der Waals surface area contributed by atoms with Crippen LogP contribution in [-0.4, -0.2) is 37.1 Å². The monoisotopic (exact) mass is 307 g/mol. The quantitative estimate of drug-likeness (QED) is 0.846. The highest BCUT2D eigenvalue weighted by Crippen LogP contribution is 2.32. The molecule has 2 aliphatic heterocycles. The first-order chi connectivity index (χ1) is 10.1. The number of halogens is 1. The number of rotatable bonds is 2. The molecular weight excluding hydrogens is 282 g/mol. The zero-order valence-electron chi connectivity index (χ0n) is 12.9. The van der Waals surface area contributed by atoms with Crippen LogP contribution >= 0.6 is 11.6 Å². The van der Waals surface area contributed by atoms with Crippen molar-refractivity contribution in [1.82, 2.24) is 4.90 Å². The van der Waals surface area contributed by atoms with Gasteiger partial charge in [-0.05, 0) is 63.4 Å². The lowest BCUT2D eigenvalue weighted by molar-refractivity contribution is 0.141. The summed E-state index contributed by atoms with van der Waals surface area (Å²) in [7, 11) is 0. The van der Waals surface area contributed by atoms with Crippen molar-refractivity contribution in [2.75, 3.05) is 36.8 Å². The first kappa shape index (κ1) is 15.0. The number of hydrogen-bond donors (Lipinski definition) is 1. The Morgan fingerprint density at radius 3 is 2.38 bits per heavy atom. The molecule has 0 radical (unpaired) electrons. The molecule has 0 aromatic heterocycles. The smallest absolute Gasteiger partial charge is 0.0656 e. The van der Waals surface area contributed by atoms with Crippen molar-refractivity contribution in [1.29, 1.82) is 0 Å². The SMILES string of the molecule is Cc1cc(N)c(Cl)cc1N1CCC(N2CCCCC2)CC1. The lowest BCUT2D eigenvalue weighted by Crippen LogP contribution is -2.46. The molecule has 1 aromatic rings. The average Bonchev–Trinajstić information content (AvgIpc) is 2.52. The highest BCUT2D eigenvalue weighted by molar-refractivity contribution is 6.33. The lowest BCUT2D eigenvalue weighted by Gasteiger charge is -2.41. The standard InChI is InChI=1S/C17H26ClN3/c1-13-11-16(19)15(18)12-17(13)21-9-5-14(6-10-21)20-7-3-2-4-8-20/h11-12,14H,2-10,19H2,1H3. The van der Waals surface area contributed by atoms with E-state index in [1.807, 2.05) is 12.1 Å². The maximum Gasteiger partial charge on any atom is 0.0656 e. The third-order valence-electron chi connectivity index (χ3n) is 5.03. The molecule has 3 rings (SSSR count). The molecule has 0 bridgehead atoms. The summed E-state index contributed by atoms with van der Waals surface area (Å²) < 4.78 is 0. The van der Waals surface area contributed by atoms with Crippen LogP contribution < -0.4 is 10.6 Å². The van der Waals surface area contributed by atoms with Crippen LogP contribution in [0.25, 0.3) is 0 Å². The summed E-state index contributed by atoms with van der Waals surface area (Å²) in [4.78, 5) is 5.19. The average molecular weight is 308 g/mol. The molecule has 0 amide bonds. The predicted octanol–water partition coefficient (Wildman–Crippen LogP) is 3.69. The van der Waals surface area contributed by atoms with Gasteiger partial charge in [0.2, 0.25) is 0 Å². The fourth-order valence-electron chi connectivity index (χ4n) is 3.79. The van der Waals surface area contributed by atoms with E-state index in [9.17, 15) is 0 Å². The molecule has 1 aromatic carbocycles. The van der Waals surface area contributed by atoms with Gasteiger partial charge in [-0.2, -0.15) is 0 Å². The number of aryl methyl sites for hydroxylation is 1. The maximum atomic E-state index is 6.20. The van der Waals surface area contributed by atoms with E-state index in [2.05, 4.69) is 16.7 Å². The Bertz CT molecular complexity index is 489. The summed E-state index contributed by atoms with van der Waals surface area (Å²) >= 11 is 6.20. The number of nitrogens with two attached hydrogens (primary N) is 1. The second kappa shape index (κ2) is 6.45. The predicted molar refractivity (Wildman–Crippen MR) is 91.3 cm³/mol. The summed E-state index contributed by atoms with van der Waals surface area (Å²) in [5.41, 5.74) is 9.05. The topological polar surface area (TPSA) is 32.5 Å². The van der Waals surface area contributed by atoms with E-state index in [-0.39, 0.29) is 0 Å². The van der Waals surface area contributed by atoms with Gasteiger partial charge in [0.15, 0.2) is 0 Å². The fourth-order valence-corrected chi connectivity index (χ4v) is 3.95. The van der Waals surface area contributed by atoms with Crippen LogP contribution in [0.4, 0.5) is 11.4 Å². The molecule has 3 nitrogen and oxygen atoms in total. The highest BCUT2D eigenvalue weighted by atomic mass is 35.5. The molecular formula is C17H26ClN3. The molecule has 2 heterocycles. The minimum Gasteiger partial charge on any atom is -0.398 e. The van der Waals surface area contributed by atoms with Crippen LogP contribution in [0.1, 0.15) is 37.7 Å². The Labute approximate surface area is 133 Å². The fraction of sp³-hybridized carbons (Fsp3) is 0.647. The Morgan fingerprint density at radius 2 is 1.71 bits per heavy atom. The summed E-state index contributed by atoms with van der Waals surface area (Å²) in [6.45, 7) is 6.98. The van der Waals surface area contributed by atoms with Crippen LogP contribution in [-0.2, 0) is 0 Å². The van der Waals surface area contributed by atoms with Gasteiger partial charge in [-0.3, -0.25) is 0 Å². The Kier molecular flexibility index (Phi) is 4.60. The largest absolute Gasteiger partial charge is 0.398 e. The van der Waals surface area contributed by atoms with Crippen molar-refractivity contribution < 1.29 is 0 Å². The van der Waals surface area contributed by atoms with Gasteiger partial charge in [0, 0.05) is 24.8 Å². The minimum absolute atomic E-state index is 0.675. The molecule has 2 fully saturated rings. The van der Waals surface area contributed by atoms with Crippen LogP contribution in [0.15, 0.2) is 12.1 Å². The third kappa shape index (κ3) is 3.29. The summed E-state index contributed by atoms with van der Waals surface area (Å²) in [5.74, 6) is 0. The number of nitrogen functional groups attached to an aromatic ring is 1. The summed E-state index contributed by atoms with van der Waals surface area (Å²) in [6, 6.07) is 4.81. The molecule has 0 saturated carbocycles. The molecule has 116 valence electrons. The molecule has 2 saturated heterocycles. The number of likely N-dealkylation sites (tertiary alicyclic amines) is 1. The zero-order valence-corrected chi connectivity index (χ0v) is 13.7. The van der Waals surface area contributed by atoms with Crippen LogP contribution in [0.5, 0.6) is 0 Å². The van der Waals surface area contributed by atoms with Gasteiger partial charge in [0.25, 0.3) is 0 Å². The third-order valence-corrected chi connectivity index (χ3v) is 5.35. The van der Waals surface area contributed by atoms with E-state index in [0.29, 0.717) is 10.7 Å². The number of piperidine rings is 2. The zero-order chi connectivity index (χ0) is 14.8. The van der Waals surface area contributed by atoms with Gasteiger partial charge in [0.05, 0.1) is 10.7 Å². The molecule has 0 unspecified atom stereocenters. The van der Waals surface area contributed by atoms with E-state index in [4.69, 9.17) is 17.3 Å². The molecule has 0 aliphatic carbocycles. The molecule has 4 heteroatoms. The van der Waals surface area contributed by atoms with Crippen molar-refractivity contribution in [3.63, 3.8) is 0 Å². The van der Waals surface area contributed by atoms with Crippen molar-refractivity contribution in [2.24, 2.45) is 0 Å². The van der Waals surface area contributed by atoms with Gasteiger partial charge >= 0.3 is 0 Å². The van der Waals surface area contributed by atoms with E-state index in [1.165, 1.54) is 56.4 Å². The van der Waals surface area contributed by atoms with Gasteiger partial charge in [-0.15, -0.1) is 0 Å². The van der Waals surface area contributed by atoms with E-state index < -0.39 is 0 Å². The van der Waals surface area contributed by atoms with Crippen LogP contribution in [0, 0.1) is 6.92 Å². The summed E-state index contributed by atoms with van der Waals surface area (Å²) in [5, 5.41) is 0.675. The second-order valence-corrected chi connectivity index (χ2v) is 6.88. The van der Waals surface area contributed by atoms with Crippen molar-refractivity contribution >= 4 is 23.0 Å². The Balaban J connectivity index is 1.64. The Morgan fingerprint density at radius 1 is 1.05 bits per heavy atom. The van der Waals surface area contributed by atoms with Gasteiger partial charge in [0.1, 0.15) is 0 Å². The molecule has 2 N–H and O–H groups in total. The number of hydrogen-bond acceptors (Lipinski definition) is 3. The van der Waals surface area contributed by atoms with Crippen LogP contribution in [0.2, 0.25) is 5.02 Å². The van der Waals surface area contributed by atoms with Crippen molar-refractivity contribution in [3.05, 3.63) is 22.7 Å². The van der Waals surface area contributed by atoms with Crippen molar-refractivity contribution in [2.45, 2.75) is 45.1 Å². The van der Waals surface area contributed by atoms with E-state index in [1.54, 1.807) is 0 Å². The number of anilines is 2. The van der Waals surface area contributed by atoms with E-state index in [0.717, 1.165) is 19.1 Å². The first-order valence-corrected chi connectivity index (χ1v) is 8.57. The van der Waals surface area contributed by atoms with Gasteiger partial charge in [-0.1, -0.05) is 18.0 Å². The maximum absolute atomic E-state index is 6.20. The molecule has 21 heavy (non-hydrogen) atoms. The number of benzene rings is 1. The second-order valence-electron chi connectivity index (χ2n) is 6.48. The first-order valence-electron chi connectivity index (χ1n) is 8.20. The molecule has 0 atom stereocenters. The minimum atomic E-state index is 0.675. The molecule has 2 aliphatic rings. The van der Waals surface area contributed by atoms with E-state index >= 15 is 0 Å². The lowest BCUT2D eigenvalue weighted by atomic mass is 9.99. The van der Waals surface area contributed by atoms with Gasteiger partial charge < -0.3 is 15.5 Å².